The molecular weight excluding hydrogens is 289 g/mol. The smallest absolute Gasteiger partial charge is 0.0624 e. The highest BCUT2D eigenvalue weighted by molar-refractivity contribution is 6.42. The zero-order chi connectivity index (χ0) is 15.6. The lowest BCUT2D eigenvalue weighted by Crippen LogP contribution is -2.45. The molecule has 0 aliphatic heterocycles. The quantitative estimate of drug-likeness (QED) is 0.747. The summed E-state index contributed by atoms with van der Waals surface area (Å²) in [6.07, 6.45) is 0.924. The largest absolute Gasteiger partial charge is 0.312 e. The Morgan fingerprint density at radius 3 is 2.20 bits per heavy atom. The number of hydrogen-bond acceptors (Lipinski definition) is 1. The molecule has 0 amide bonds. The minimum atomic E-state index is 0.119. The lowest BCUT2D eigenvalue weighted by atomic mass is 9.74. The van der Waals surface area contributed by atoms with Crippen molar-refractivity contribution < 1.29 is 0 Å². The summed E-state index contributed by atoms with van der Waals surface area (Å²) >= 11 is 12.5. The van der Waals surface area contributed by atoms with E-state index in [1.54, 1.807) is 0 Å². The van der Waals surface area contributed by atoms with Crippen molar-refractivity contribution >= 4 is 23.2 Å². The molecule has 0 spiro atoms. The van der Waals surface area contributed by atoms with E-state index in [4.69, 9.17) is 23.2 Å². The Kier molecular flexibility index (Phi) is 5.95. The number of nitrogens with one attached hydrogen (secondary N) is 1. The van der Waals surface area contributed by atoms with Gasteiger partial charge in [0.1, 0.15) is 0 Å². The first-order valence-corrected chi connectivity index (χ1v) is 7.99. The van der Waals surface area contributed by atoms with E-state index in [1.807, 2.05) is 12.1 Å². The summed E-state index contributed by atoms with van der Waals surface area (Å²) in [5.41, 5.74) is 1.39. The zero-order valence-corrected chi connectivity index (χ0v) is 15.0. The summed E-state index contributed by atoms with van der Waals surface area (Å²) < 4.78 is 0. The van der Waals surface area contributed by atoms with Gasteiger partial charge in [-0.15, -0.1) is 0 Å². The minimum absolute atomic E-state index is 0.119. The highest BCUT2D eigenvalue weighted by Gasteiger charge is 2.30. The van der Waals surface area contributed by atoms with Crippen LogP contribution >= 0.6 is 23.2 Å². The number of benzene rings is 1. The average molecular weight is 316 g/mol. The van der Waals surface area contributed by atoms with Crippen LogP contribution < -0.4 is 5.32 Å². The van der Waals surface area contributed by atoms with Crippen molar-refractivity contribution in [2.45, 2.75) is 53.5 Å². The van der Waals surface area contributed by atoms with Gasteiger partial charge in [0.2, 0.25) is 0 Å². The predicted octanol–water partition coefficient (Wildman–Crippen LogP) is 5.59. The third kappa shape index (κ3) is 4.95. The lowest BCUT2D eigenvalue weighted by Gasteiger charge is -2.37. The molecule has 1 atom stereocenters. The maximum atomic E-state index is 6.34. The molecule has 1 aromatic carbocycles. The molecule has 1 nitrogen and oxygen atoms in total. The van der Waals surface area contributed by atoms with Crippen LogP contribution in [0.3, 0.4) is 0 Å². The fourth-order valence-electron chi connectivity index (χ4n) is 2.06. The molecule has 0 heterocycles. The highest BCUT2D eigenvalue weighted by Crippen LogP contribution is 2.35. The van der Waals surface area contributed by atoms with Crippen LogP contribution in [0.5, 0.6) is 0 Å². The van der Waals surface area contributed by atoms with Gasteiger partial charge in [-0.1, -0.05) is 56.1 Å². The monoisotopic (exact) mass is 315 g/mol. The van der Waals surface area contributed by atoms with Crippen molar-refractivity contribution in [3.05, 3.63) is 33.8 Å². The van der Waals surface area contributed by atoms with Gasteiger partial charge in [0.25, 0.3) is 0 Å². The standard InChI is InChI=1S/C17H27Cl2N/c1-12(2)17(6,11-20-16(3,4)5)10-13-8-7-9-14(18)15(13)19/h7-9,12,20H,10-11H2,1-6H3. The average Bonchev–Trinajstić information content (AvgIpc) is 2.31. The Balaban J connectivity index is 2.94. The summed E-state index contributed by atoms with van der Waals surface area (Å²) in [6.45, 7) is 14.4. The highest BCUT2D eigenvalue weighted by atomic mass is 35.5. The Morgan fingerprint density at radius 1 is 1.10 bits per heavy atom. The molecule has 0 fully saturated rings. The van der Waals surface area contributed by atoms with Gasteiger partial charge in [-0.2, -0.15) is 0 Å². The van der Waals surface area contributed by atoms with Crippen molar-refractivity contribution in [1.82, 2.24) is 5.32 Å². The first-order valence-electron chi connectivity index (χ1n) is 7.23. The second-order valence-corrected chi connectivity index (χ2v) is 8.09. The van der Waals surface area contributed by atoms with E-state index >= 15 is 0 Å². The maximum absolute atomic E-state index is 6.34. The second-order valence-electron chi connectivity index (χ2n) is 7.30. The van der Waals surface area contributed by atoms with Crippen LogP contribution in [-0.2, 0) is 6.42 Å². The van der Waals surface area contributed by atoms with Crippen LogP contribution in [0.25, 0.3) is 0 Å². The molecular formula is C17H27Cl2N. The molecule has 0 aliphatic carbocycles. The van der Waals surface area contributed by atoms with Crippen LogP contribution in [0.15, 0.2) is 18.2 Å². The Hall–Kier alpha value is -0.240. The first-order chi connectivity index (χ1) is 9.05. The van der Waals surface area contributed by atoms with E-state index in [0.29, 0.717) is 16.0 Å². The summed E-state index contributed by atoms with van der Waals surface area (Å²) in [4.78, 5) is 0. The molecule has 0 radical (unpaired) electrons. The summed E-state index contributed by atoms with van der Waals surface area (Å²) in [6, 6.07) is 5.89. The molecule has 0 saturated heterocycles. The van der Waals surface area contributed by atoms with Crippen molar-refractivity contribution in [3.63, 3.8) is 0 Å². The van der Waals surface area contributed by atoms with Crippen molar-refractivity contribution in [2.24, 2.45) is 11.3 Å². The van der Waals surface area contributed by atoms with Gasteiger partial charge in [0.15, 0.2) is 0 Å². The number of hydrogen-bond donors (Lipinski definition) is 1. The summed E-state index contributed by atoms with van der Waals surface area (Å²) in [7, 11) is 0. The normalized spacial score (nSPS) is 15.4. The Bertz CT molecular complexity index is 449. The van der Waals surface area contributed by atoms with Crippen molar-refractivity contribution in [1.29, 1.82) is 0 Å². The fraction of sp³-hybridized carbons (Fsp3) is 0.647. The van der Waals surface area contributed by atoms with Gasteiger partial charge < -0.3 is 5.32 Å². The van der Waals surface area contributed by atoms with Crippen LogP contribution in [0.1, 0.15) is 47.1 Å². The van der Waals surface area contributed by atoms with E-state index in [1.165, 1.54) is 0 Å². The van der Waals surface area contributed by atoms with Gasteiger partial charge in [0, 0.05) is 12.1 Å². The fourth-order valence-corrected chi connectivity index (χ4v) is 2.44. The Labute approximate surface area is 134 Å². The molecule has 114 valence electrons. The summed E-state index contributed by atoms with van der Waals surface area (Å²) in [5.74, 6) is 0.549. The lowest BCUT2D eigenvalue weighted by molar-refractivity contribution is 0.188. The topological polar surface area (TPSA) is 12.0 Å². The number of halogens is 2. The molecule has 1 rings (SSSR count). The zero-order valence-electron chi connectivity index (χ0n) is 13.5. The molecule has 0 saturated carbocycles. The third-order valence-corrected chi connectivity index (χ3v) is 4.90. The van der Waals surface area contributed by atoms with Crippen LogP contribution in [0.2, 0.25) is 10.0 Å². The number of rotatable bonds is 5. The van der Waals surface area contributed by atoms with E-state index in [0.717, 1.165) is 18.5 Å². The second kappa shape index (κ2) is 6.68. The molecule has 1 unspecified atom stereocenters. The maximum Gasteiger partial charge on any atom is 0.0624 e. The molecule has 1 N–H and O–H groups in total. The van der Waals surface area contributed by atoms with E-state index in [9.17, 15) is 0 Å². The van der Waals surface area contributed by atoms with Gasteiger partial charge in [-0.05, 0) is 50.2 Å². The van der Waals surface area contributed by atoms with Crippen molar-refractivity contribution in [2.75, 3.05) is 6.54 Å². The molecule has 1 aromatic rings. The minimum Gasteiger partial charge on any atom is -0.312 e. The molecule has 0 bridgehead atoms. The van der Waals surface area contributed by atoms with Crippen LogP contribution in [0, 0.1) is 11.3 Å². The van der Waals surface area contributed by atoms with Crippen molar-refractivity contribution in [3.8, 4) is 0 Å². The molecule has 0 aromatic heterocycles. The van der Waals surface area contributed by atoms with Gasteiger partial charge in [-0.3, -0.25) is 0 Å². The first kappa shape index (κ1) is 17.8. The third-order valence-electron chi connectivity index (χ3n) is 4.04. The SMILES string of the molecule is CC(C)C(C)(CNC(C)(C)C)Cc1cccc(Cl)c1Cl. The molecule has 0 aliphatic rings. The van der Waals surface area contributed by atoms with E-state index in [2.05, 4.69) is 52.9 Å². The predicted molar refractivity (Wildman–Crippen MR) is 90.9 cm³/mol. The van der Waals surface area contributed by atoms with E-state index in [-0.39, 0.29) is 11.0 Å². The van der Waals surface area contributed by atoms with Crippen LogP contribution in [0.4, 0.5) is 0 Å². The van der Waals surface area contributed by atoms with E-state index < -0.39 is 0 Å². The molecule has 20 heavy (non-hydrogen) atoms. The molecule has 3 heteroatoms. The Morgan fingerprint density at radius 2 is 1.70 bits per heavy atom. The van der Waals surface area contributed by atoms with Gasteiger partial charge in [-0.25, -0.2) is 0 Å². The summed E-state index contributed by atoms with van der Waals surface area (Å²) in [5, 5.41) is 4.95. The van der Waals surface area contributed by atoms with Gasteiger partial charge in [0.05, 0.1) is 10.0 Å². The van der Waals surface area contributed by atoms with Gasteiger partial charge >= 0.3 is 0 Å². The van der Waals surface area contributed by atoms with Crippen LogP contribution in [-0.4, -0.2) is 12.1 Å².